The molecule has 1 saturated heterocycles. The lowest BCUT2D eigenvalue weighted by molar-refractivity contribution is -0.385. The molecule has 0 bridgehead atoms. The molecule has 1 fully saturated rings. The summed E-state index contributed by atoms with van der Waals surface area (Å²) in [7, 11) is 1.44. The molecule has 0 aliphatic carbocycles. The minimum absolute atomic E-state index is 0.0159. The van der Waals surface area contributed by atoms with Crippen molar-refractivity contribution in [1.29, 1.82) is 0 Å². The van der Waals surface area contributed by atoms with Gasteiger partial charge >= 0.3 is 5.69 Å². The van der Waals surface area contributed by atoms with Gasteiger partial charge in [0.2, 0.25) is 0 Å². The summed E-state index contributed by atoms with van der Waals surface area (Å²) >= 11 is 0. The molecule has 0 unspecified atom stereocenters. The van der Waals surface area contributed by atoms with Gasteiger partial charge in [-0.1, -0.05) is 12.1 Å². The van der Waals surface area contributed by atoms with Crippen molar-refractivity contribution in [2.24, 2.45) is 0 Å². The van der Waals surface area contributed by atoms with Crippen molar-refractivity contribution >= 4 is 11.5 Å². The van der Waals surface area contributed by atoms with E-state index in [9.17, 15) is 10.1 Å². The minimum atomic E-state index is -0.401. The summed E-state index contributed by atoms with van der Waals surface area (Å²) in [4.78, 5) is 19.7. The third-order valence-electron chi connectivity index (χ3n) is 4.19. The summed E-state index contributed by atoms with van der Waals surface area (Å²) in [5.41, 5.74) is 0.941. The van der Waals surface area contributed by atoms with Crippen LogP contribution in [0.3, 0.4) is 0 Å². The fourth-order valence-electron chi connectivity index (χ4n) is 2.91. The number of aromatic nitrogens is 1. The zero-order valence-corrected chi connectivity index (χ0v) is 13.6. The van der Waals surface area contributed by atoms with Gasteiger partial charge in [-0.25, -0.2) is 4.98 Å². The molecule has 2 heterocycles. The van der Waals surface area contributed by atoms with Gasteiger partial charge < -0.3 is 9.64 Å². The van der Waals surface area contributed by atoms with Gasteiger partial charge in [0, 0.05) is 45.0 Å². The Kier molecular flexibility index (Phi) is 4.90. The van der Waals surface area contributed by atoms with E-state index in [1.807, 2.05) is 24.3 Å². The highest BCUT2D eigenvalue weighted by molar-refractivity contribution is 5.48. The van der Waals surface area contributed by atoms with Crippen molar-refractivity contribution < 1.29 is 9.66 Å². The van der Waals surface area contributed by atoms with Crippen molar-refractivity contribution in [3.63, 3.8) is 0 Å². The quantitative estimate of drug-likeness (QED) is 0.619. The summed E-state index contributed by atoms with van der Waals surface area (Å²) in [6, 6.07) is 11.1. The molecular weight excluding hydrogens is 308 g/mol. The molecule has 3 rings (SSSR count). The number of ether oxygens (including phenoxy) is 1. The van der Waals surface area contributed by atoms with Crippen LogP contribution in [0.4, 0.5) is 11.5 Å². The van der Waals surface area contributed by atoms with Crippen molar-refractivity contribution in [3.8, 4) is 5.75 Å². The summed E-state index contributed by atoms with van der Waals surface area (Å²) in [5, 5.41) is 11.1. The van der Waals surface area contributed by atoms with Crippen LogP contribution in [0.25, 0.3) is 0 Å². The molecule has 0 N–H and O–H groups in total. The Labute approximate surface area is 140 Å². The second-order valence-corrected chi connectivity index (χ2v) is 5.71. The molecule has 1 aromatic heterocycles. The van der Waals surface area contributed by atoms with Gasteiger partial charge in [-0.15, -0.1) is 0 Å². The summed E-state index contributed by atoms with van der Waals surface area (Å²) in [6.45, 7) is 4.29. The monoisotopic (exact) mass is 328 g/mol. The number of hydrogen-bond donors (Lipinski definition) is 0. The molecule has 0 amide bonds. The van der Waals surface area contributed by atoms with E-state index in [1.54, 1.807) is 18.3 Å². The lowest BCUT2D eigenvalue weighted by Crippen LogP contribution is -2.46. The number of rotatable bonds is 5. The van der Waals surface area contributed by atoms with Gasteiger partial charge in [-0.05, 0) is 23.8 Å². The lowest BCUT2D eigenvalue weighted by Gasteiger charge is -2.35. The summed E-state index contributed by atoms with van der Waals surface area (Å²) < 4.78 is 5.05. The van der Waals surface area contributed by atoms with Crippen LogP contribution in [0.5, 0.6) is 5.75 Å². The minimum Gasteiger partial charge on any atom is -0.490 e. The fraction of sp³-hybridized carbons (Fsp3) is 0.353. The van der Waals surface area contributed by atoms with E-state index in [2.05, 4.69) is 14.8 Å². The number of nitro groups is 1. The Hall–Kier alpha value is -2.67. The molecule has 1 aliphatic rings. The zero-order chi connectivity index (χ0) is 16.9. The molecule has 1 aliphatic heterocycles. The van der Waals surface area contributed by atoms with Crippen LogP contribution in [0, 0.1) is 10.1 Å². The van der Waals surface area contributed by atoms with Crippen LogP contribution >= 0.6 is 0 Å². The number of nitrogens with zero attached hydrogens (tertiary/aromatic N) is 4. The molecule has 0 radical (unpaired) electrons. The molecule has 24 heavy (non-hydrogen) atoms. The molecule has 126 valence electrons. The van der Waals surface area contributed by atoms with Gasteiger partial charge in [-0.3, -0.25) is 15.0 Å². The average Bonchev–Trinajstić information content (AvgIpc) is 2.63. The first-order valence-corrected chi connectivity index (χ1v) is 7.87. The first-order chi connectivity index (χ1) is 11.7. The van der Waals surface area contributed by atoms with Crippen LogP contribution in [-0.4, -0.2) is 48.1 Å². The van der Waals surface area contributed by atoms with E-state index in [4.69, 9.17) is 4.74 Å². The van der Waals surface area contributed by atoms with Crippen LogP contribution in [0.15, 0.2) is 42.6 Å². The van der Waals surface area contributed by atoms with Crippen molar-refractivity contribution in [1.82, 2.24) is 9.88 Å². The highest BCUT2D eigenvalue weighted by Crippen LogP contribution is 2.28. The zero-order valence-electron chi connectivity index (χ0n) is 13.6. The number of methoxy groups -OCH3 is 1. The Morgan fingerprint density at radius 2 is 2.00 bits per heavy atom. The highest BCUT2D eigenvalue weighted by Gasteiger charge is 2.20. The maximum atomic E-state index is 11.1. The first kappa shape index (κ1) is 16.2. The molecule has 2 aromatic rings. The Bertz CT molecular complexity index is 700. The maximum absolute atomic E-state index is 11.1. The highest BCUT2D eigenvalue weighted by atomic mass is 16.6. The number of piperazine rings is 1. The van der Waals surface area contributed by atoms with Crippen LogP contribution < -0.4 is 9.64 Å². The van der Waals surface area contributed by atoms with E-state index >= 15 is 0 Å². The summed E-state index contributed by atoms with van der Waals surface area (Å²) in [6.07, 6.45) is 1.80. The number of nitro benzene ring substituents is 1. The van der Waals surface area contributed by atoms with E-state index in [0.29, 0.717) is 12.3 Å². The maximum Gasteiger partial charge on any atom is 0.311 e. The lowest BCUT2D eigenvalue weighted by atomic mass is 10.1. The molecule has 7 heteroatoms. The normalized spacial score (nSPS) is 15.3. The third kappa shape index (κ3) is 3.62. The number of anilines is 1. The average molecular weight is 328 g/mol. The van der Waals surface area contributed by atoms with Gasteiger partial charge in [0.1, 0.15) is 5.82 Å². The number of benzene rings is 1. The Morgan fingerprint density at radius 3 is 2.62 bits per heavy atom. The van der Waals surface area contributed by atoms with Gasteiger partial charge in [0.15, 0.2) is 5.75 Å². The van der Waals surface area contributed by atoms with E-state index in [-0.39, 0.29) is 5.69 Å². The van der Waals surface area contributed by atoms with E-state index in [1.165, 1.54) is 7.11 Å². The van der Waals surface area contributed by atoms with Gasteiger partial charge in [0.25, 0.3) is 0 Å². The van der Waals surface area contributed by atoms with Gasteiger partial charge in [-0.2, -0.15) is 0 Å². The van der Waals surface area contributed by atoms with Crippen molar-refractivity contribution in [3.05, 3.63) is 58.3 Å². The standard InChI is InChI=1S/C17H20N4O3/c1-24-16-6-5-14(12-15(16)21(22)23)13-19-8-10-20(11-9-19)17-4-2-3-7-18-17/h2-7,12H,8-11,13H2,1H3. The van der Waals surface area contributed by atoms with E-state index < -0.39 is 4.92 Å². The third-order valence-corrected chi connectivity index (χ3v) is 4.19. The molecule has 1 aromatic carbocycles. The van der Waals surface area contributed by atoms with Crippen molar-refractivity contribution in [2.75, 3.05) is 38.2 Å². The molecule has 0 saturated carbocycles. The predicted molar refractivity (Wildman–Crippen MR) is 91.4 cm³/mol. The number of pyridine rings is 1. The van der Waals surface area contributed by atoms with Gasteiger partial charge in [0.05, 0.1) is 12.0 Å². The predicted octanol–water partition coefficient (Wildman–Crippen LogP) is 2.32. The number of hydrogen-bond acceptors (Lipinski definition) is 6. The second-order valence-electron chi connectivity index (χ2n) is 5.71. The van der Waals surface area contributed by atoms with Crippen LogP contribution in [0.1, 0.15) is 5.56 Å². The molecule has 0 spiro atoms. The molecule has 7 nitrogen and oxygen atoms in total. The SMILES string of the molecule is COc1ccc(CN2CCN(c3ccccn3)CC2)cc1[N+](=O)[O-]. The fourth-order valence-corrected chi connectivity index (χ4v) is 2.91. The topological polar surface area (TPSA) is 71.7 Å². The van der Waals surface area contributed by atoms with Crippen LogP contribution in [-0.2, 0) is 6.54 Å². The van der Waals surface area contributed by atoms with Crippen molar-refractivity contribution in [2.45, 2.75) is 6.54 Å². The molecular formula is C17H20N4O3. The van der Waals surface area contributed by atoms with Crippen LogP contribution in [0.2, 0.25) is 0 Å². The molecule has 0 atom stereocenters. The first-order valence-electron chi connectivity index (χ1n) is 7.87. The van der Waals surface area contributed by atoms with E-state index in [0.717, 1.165) is 37.6 Å². The largest absolute Gasteiger partial charge is 0.490 e. The smallest absolute Gasteiger partial charge is 0.311 e. The Morgan fingerprint density at radius 1 is 1.21 bits per heavy atom. The second kappa shape index (κ2) is 7.27. The Balaban J connectivity index is 1.62. The summed E-state index contributed by atoms with van der Waals surface area (Å²) in [5.74, 6) is 1.29.